The summed E-state index contributed by atoms with van der Waals surface area (Å²) in [6, 6.07) is 12.1. The molecule has 0 aliphatic rings. The summed E-state index contributed by atoms with van der Waals surface area (Å²) in [6.45, 7) is 0.369. The fourth-order valence-electron chi connectivity index (χ4n) is 2.35. The molecule has 0 bridgehead atoms. The molecule has 0 N–H and O–H groups in total. The van der Waals surface area contributed by atoms with Crippen LogP contribution in [0.1, 0.15) is 21.5 Å². The van der Waals surface area contributed by atoms with E-state index < -0.39 is 5.97 Å². The second-order valence-electron chi connectivity index (χ2n) is 5.60. The summed E-state index contributed by atoms with van der Waals surface area (Å²) in [7, 11) is 4.61. The molecule has 2 aromatic carbocycles. The first kappa shape index (κ1) is 19.5. The highest BCUT2D eigenvalue weighted by atomic mass is 35.5. The monoisotopic (exact) mass is 373 g/mol. The van der Waals surface area contributed by atoms with E-state index in [1.165, 1.54) is 13.2 Å². The van der Waals surface area contributed by atoms with E-state index in [1.54, 1.807) is 67.6 Å². The molecule has 0 aliphatic carbocycles. The largest absolute Gasteiger partial charge is 0.496 e. The van der Waals surface area contributed by atoms with Crippen molar-refractivity contribution >= 4 is 29.6 Å². The number of carbonyl (C=O) groups is 2. The molecule has 136 valence electrons. The summed E-state index contributed by atoms with van der Waals surface area (Å²) in [5.74, 6) is 0.118. The summed E-state index contributed by atoms with van der Waals surface area (Å²) in [6.07, 6.45) is 3.17. The number of amides is 1. The Morgan fingerprint density at radius 3 is 2.42 bits per heavy atom. The number of ether oxygens (including phenoxy) is 2. The smallest absolute Gasteiger partial charge is 0.337 e. The van der Waals surface area contributed by atoms with Crippen molar-refractivity contribution in [2.75, 3.05) is 21.3 Å². The van der Waals surface area contributed by atoms with Crippen molar-refractivity contribution in [1.29, 1.82) is 0 Å². The highest BCUT2D eigenvalue weighted by Gasteiger charge is 2.10. The zero-order valence-corrected chi connectivity index (χ0v) is 15.6. The second kappa shape index (κ2) is 9.06. The van der Waals surface area contributed by atoms with Crippen LogP contribution in [0, 0.1) is 0 Å². The lowest BCUT2D eigenvalue weighted by Crippen LogP contribution is -2.24. The fraction of sp³-hybridized carbons (Fsp3) is 0.200. The number of carbonyl (C=O) groups excluding carboxylic acids is 2. The summed E-state index contributed by atoms with van der Waals surface area (Å²) in [5, 5.41) is 0.586. The minimum atomic E-state index is -0.396. The molecule has 5 nitrogen and oxygen atoms in total. The zero-order valence-electron chi connectivity index (χ0n) is 14.9. The molecule has 0 atom stereocenters. The molecule has 0 unspecified atom stereocenters. The Bertz CT molecular complexity index is 815. The van der Waals surface area contributed by atoms with Crippen LogP contribution in [0.2, 0.25) is 5.02 Å². The van der Waals surface area contributed by atoms with Gasteiger partial charge in [0.25, 0.3) is 0 Å². The molecule has 0 saturated heterocycles. The van der Waals surface area contributed by atoms with Crippen LogP contribution in [0.15, 0.2) is 48.5 Å². The molecular weight excluding hydrogens is 354 g/mol. The van der Waals surface area contributed by atoms with Crippen molar-refractivity contribution < 1.29 is 19.1 Å². The van der Waals surface area contributed by atoms with Crippen molar-refractivity contribution in [2.45, 2.75) is 6.54 Å². The van der Waals surface area contributed by atoms with E-state index in [4.69, 9.17) is 16.3 Å². The molecule has 0 aliphatic heterocycles. The van der Waals surface area contributed by atoms with E-state index in [0.717, 1.165) is 11.1 Å². The number of halogens is 1. The standard InChI is InChI=1S/C20H20ClNO4/c1-22(13-16-12-17(21)9-10-18(16)25-2)19(23)11-6-14-4-7-15(8-5-14)20(24)26-3/h4-12H,13H2,1-3H3/b11-6+. The molecule has 6 heteroatoms. The molecule has 0 fully saturated rings. The van der Waals surface area contributed by atoms with Gasteiger partial charge < -0.3 is 14.4 Å². The molecule has 0 aromatic heterocycles. The van der Waals surface area contributed by atoms with Gasteiger partial charge in [-0.15, -0.1) is 0 Å². The van der Waals surface area contributed by atoms with E-state index in [1.807, 2.05) is 0 Å². The van der Waals surface area contributed by atoms with Crippen molar-refractivity contribution in [3.05, 3.63) is 70.3 Å². The third-order valence-electron chi connectivity index (χ3n) is 3.78. The molecule has 0 heterocycles. The fourth-order valence-corrected chi connectivity index (χ4v) is 2.54. The zero-order chi connectivity index (χ0) is 19.1. The van der Waals surface area contributed by atoms with Crippen LogP contribution in [0.5, 0.6) is 5.75 Å². The highest BCUT2D eigenvalue weighted by Crippen LogP contribution is 2.23. The number of likely N-dealkylation sites (N-methyl/N-ethyl adjacent to an activating group) is 1. The number of nitrogens with zero attached hydrogens (tertiary/aromatic N) is 1. The predicted molar refractivity (Wildman–Crippen MR) is 101 cm³/mol. The maximum absolute atomic E-state index is 12.3. The Balaban J connectivity index is 2.03. The van der Waals surface area contributed by atoms with E-state index in [9.17, 15) is 9.59 Å². The Labute approximate surface area is 157 Å². The average molecular weight is 374 g/mol. The maximum Gasteiger partial charge on any atom is 0.337 e. The van der Waals surface area contributed by atoms with Crippen molar-refractivity contribution in [1.82, 2.24) is 4.90 Å². The van der Waals surface area contributed by atoms with Gasteiger partial charge in [0.1, 0.15) is 5.75 Å². The van der Waals surface area contributed by atoms with E-state index >= 15 is 0 Å². The third kappa shape index (κ3) is 5.10. The topological polar surface area (TPSA) is 55.8 Å². The molecular formula is C20H20ClNO4. The average Bonchev–Trinajstić information content (AvgIpc) is 2.66. The lowest BCUT2D eigenvalue weighted by molar-refractivity contribution is -0.125. The van der Waals surface area contributed by atoms with Crippen LogP contribution in [0.4, 0.5) is 0 Å². The Kier molecular flexibility index (Phi) is 6.81. The summed E-state index contributed by atoms with van der Waals surface area (Å²) in [5.41, 5.74) is 2.09. The number of benzene rings is 2. The van der Waals surface area contributed by atoms with Gasteiger partial charge in [0.15, 0.2) is 0 Å². The quantitative estimate of drug-likeness (QED) is 0.570. The molecule has 26 heavy (non-hydrogen) atoms. The van der Waals surface area contributed by atoms with Gasteiger partial charge in [-0.2, -0.15) is 0 Å². The van der Waals surface area contributed by atoms with Gasteiger partial charge in [-0.3, -0.25) is 4.79 Å². The summed E-state index contributed by atoms with van der Waals surface area (Å²) in [4.78, 5) is 25.3. The summed E-state index contributed by atoms with van der Waals surface area (Å²) < 4.78 is 9.95. The van der Waals surface area contributed by atoms with Gasteiger partial charge in [-0.1, -0.05) is 23.7 Å². The maximum atomic E-state index is 12.3. The van der Waals surface area contributed by atoms with E-state index in [0.29, 0.717) is 22.9 Å². The Morgan fingerprint density at radius 1 is 1.12 bits per heavy atom. The van der Waals surface area contributed by atoms with E-state index in [-0.39, 0.29) is 5.91 Å². The first-order valence-corrected chi connectivity index (χ1v) is 8.26. The van der Waals surface area contributed by atoms with Gasteiger partial charge in [-0.25, -0.2) is 4.79 Å². The van der Waals surface area contributed by atoms with Crippen molar-refractivity contribution in [3.8, 4) is 5.75 Å². The van der Waals surface area contributed by atoms with Crippen LogP contribution >= 0.6 is 11.6 Å². The van der Waals surface area contributed by atoms with Crippen LogP contribution in [-0.2, 0) is 16.1 Å². The molecule has 0 radical (unpaired) electrons. The van der Waals surface area contributed by atoms with Gasteiger partial charge in [0, 0.05) is 30.3 Å². The van der Waals surface area contributed by atoms with Crippen LogP contribution in [-0.4, -0.2) is 38.0 Å². The van der Waals surface area contributed by atoms with Crippen LogP contribution < -0.4 is 4.74 Å². The highest BCUT2D eigenvalue weighted by molar-refractivity contribution is 6.30. The molecule has 2 aromatic rings. The number of hydrogen-bond donors (Lipinski definition) is 0. The van der Waals surface area contributed by atoms with Crippen molar-refractivity contribution in [2.24, 2.45) is 0 Å². The Hall–Kier alpha value is -2.79. The van der Waals surface area contributed by atoms with Gasteiger partial charge >= 0.3 is 5.97 Å². The normalized spacial score (nSPS) is 10.6. The van der Waals surface area contributed by atoms with Gasteiger partial charge in [-0.05, 0) is 42.0 Å². The molecule has 2 rings (SSSR count). The minimum Gasteiger partial charge on any atom is -0.496 e. The minimum absolute atomic E-state index is 0.163. The number of esters is 1. The van der Waals surface area contributed by atoms with Crippen LogP contribution in [0.3, 0.4) is 0 Å². The lowest BCUT2D eigenvalue weighted by atomic mass is 10.1. The number of rotatable bonds is 6. The first-order valence-electron chi connectivity index (χ1n) is 7.88. The predicted octanol–water partition coefficient (Wildman–Crippen LogP) is 3.81. The van der Waals surface area contributed by atoms with Gasteiger partial charge in [0.05, 0.1) is 19.8 Å². The molecule has 1 amide bonds. The number of methoxy groups -OCH3 is 2. The summed E-state index contributed by atoms with van der Waals surface area (Å²) >= 11 is 6.02. The van der Waals surface area contributed by atoms with Crippen molar-refractivity contribution in [3.63, 3.8) is 0 Å². The lowest BCUT2D eigenvalue weighted by Gasteiger charge is -2.17. The first-order chi connectivity index (χ1) is 12.4. The molecule has 0 spiro atoms. The Morgan fingerprint density at radius 2 is 1.81 bits per heavy atom. The second-order valence-corrected chi connectivity index (χ2v) is 6.03. The third-order valence-corrected chi connectivity index (χ3v) is 4.01. The van der Waals surface area contributed by atoms with Gasteiger partial charge in [0.2, 0.25) is 5.91 Å². The number of hydrogen-bond acceptors (Lipinski definition) is 4. The van der Waals surface area contributed by atoms with E-state index in [2.05, 4.69) is 4.74 Å². The van der Waals surface area contributed by atoms with Crippen LogP contribution in [0.25, 0.3) is 6.08 Å². The SMILES string of the molecule is COC(=O)c1ccc(/C=C/C(=O)N(C)Cc2cc(Cl)ccc2OC)cc1. The molecule has 0 saturated carbocycles.